The Hall–Kier alpha value is -2.37. The molecule has 0 heterocycles. The standard InChI is InChI=1S/C30H49FN2O3/c1-5-6-7-8-9-10-11-12-13-14-15-19-22-26(31)24-32-28(34)27(23-25-20-17-16-18-21-25)33-29(35)36-30(2,3)4/h16-18,20-22,27H,5-15,19,23-24H2,1-4H3,(H,32,34)(H,33,35)/b26-22+/t27-/m1/s1. The summed E-state index contributed by atoms with van der Waals surface area (Å²) in [5.74, 6) is -0.797. The Morgan fingerprint density at radius 2 is 1.47 bits per heavy atom. The van der Waals surface area contributed by atoms with Crippen molar-refractivity contribution in [1.82, 2.24) is 10.6 Å². The van der Waals surface area contributed by atoms with Gasteiger partial charge in [0.05, 0.1) is 6.54 Å². The Bertz CT molecular complexity index is 759. The van der Waals surface area contributed by atoms with Crippen LogP contribution >= 0.6 is 0 Å². The minimum atomic E-state index is -0.860. The Kier molecular flexibility index (Phi) is 16.6. The highest BCUT2D eigenvalue weighted by Gasteiger charge is 2.24. The number of amides is 2. The molecule has 0 radical (unpaired) electrons. The summed E-state index contributed by atoms with van der Waals surface area (Å²) in [7, 11) is 0. The molecule has 6 heteroatoms. The largest absolute Gasteiger partial charge is 0.444 e. The van der Waals surface area contributed by atoms with E-state index in [1.165, 1.54) is 57.8 Å². The second-order valence-corrected chi connectivity index (χ2v) is 10.6. The number of alkyl carbamates (subject to hydrolysis) is 1. The van der Waals surface area contributed by atoms with Crippen molar-refractivity contribution in [2.24, 2.45) is 0 Å². The van der Waals surface area contributed by atoms with Gasteiger partial charge < -0.3 is 15.4 Å². The molecule has 1 aromatic carbocycles. The van der Waals surface area contributed by atoms with Crippen molar-refractivity contribution >= 4 is 12.0 Å². The predicted molar refractivity (Wildman–Crippen MR) is 147 cm³/mol. The molecule has 0 unspecified atom stereocenters. The lowest BCUT2D eigenvalue weighted by atomic mass is 10.1. The van der Waals surface area contributed by atoms with E-state index in [0.29, 0.717) is 6.42 Å². The van der Waals surface area contributed by atoms with Gasteiger partial charge in [-0.1, -0.05) is 108 Å². The molecule has 1 aromatic rings. The summed E-state index contributed by atoms with van der Waals surface area (Å²) in [4.78, 5) is 25.0. The lowest BCUT2D eigenvalue weighted by molar-refractivity contribution is -0.123. The maximum atomic E-state index is 14.3. The van der Waals surface area contributed by atoms with Crippen LogP contribution in [0.5, 0.6) is 0 Å². The molecule has 0 bridgehead atoms. The van der Waals surface area contributed by atoms with Gasteiger partial charge in [0.15, 0.2) is 0 Å². The van der Waals surface area contributed by atoms with E-state index in [1.807, 2.05) is 30.3 Å². The first-order chi connectivity index (χ1) is 17.2. The Morgan fingerprint density at radius 1 is 0.917 bits per heavy atom. The quantitative estimate of drug-likeness (QED) is 0.200. The van der Waals surface area contributed by atoms with Crippen LogP contribution in [-0.4, -0.2) is 30.2 Å². The molecule has 0 aliphatic rings. The van der Waals surface area contributed by atoms with E-state index in [9.17, 15) is 14.0 Å². The molecule has 204 valence electrons. The zero-order valence-corrected chi connectivity index (χ0v) is 23.0. The third-order valence-corrected chi connectivity index (χ3v) is 5.90. The van der Waals surface area contributed by atoms with Gasteiger partial charge in [0.1, 0.15) is 17.5 Å². The molecule has 5 nitrogen and oxygen atoms in total. The highest BCUT2D eigenvalue weighted by molar-refractivity contribution is 5.86. The molecule has 0 spiro atoms. The number of nitrogens with one attached hydrogen (secondary N) is 2. The Balaban J connectivity index is 2.34. The van der Waals surface area contributed by atoms with E-state index >= 15 is 0 Å². The van der Waals surface area contributed by atoms with E-state index in [0.717, 1.165) is 18.4 Å². The molecular formula is C30H49FN2O3. The predicted octanol–water partition coefficient (Wildman–Crippen LogP) is 7.79. The summed E-state index contributed by atoms with van der Waals surface area (Å²) in [6, 6.07) is 8.52. The lowest BCUT2D eigenvalue weighted by Crippen LogP contribution is -2.49. The number of unbranched alkanes of at least 4 members (excludes halogenated alkanes) is 11. The molecule has 2 N–H and O–H groups in total. The number of halogens is 1. The number of benzene rings is 1. The normalized spacial score (nSPS) is 12.8. The molecule has 0 saturated heterocycles. The highest BCUT2D eigenvalue weighted by atomic mass is 19.1. The lowest BCUT2D eigenvalue weighted by Gasteiger charge is -2.23. The van der Waals surface area contributed by atoms with Gasteiger partial charge in [-0.25, -0.2) is 9.18 Å². The van der Waals surface area contributed by atoms with E-state index in [1.54, 1.807) is 26.8 Å². The first-order valence-corrected chi connectivity index (χ1v) is 13.9. The number of carbonyl (C=O) groups is 2. The van der Waals surface area contributed by atoms with Crippen molar-refractivity contribution in [3.05, 3.63) is 47.8 Å². The van der Waals surface area contributed by atoms with Crippen LogP contribution in [0, 0.1) is 0 Å². The van der Waals surface area contributed by atoms with Crippen LogP contribution < -0.4 is 10.6 Å². The van der Waals surface area contributed by atoms with Crippen molar-refractivity contribution in [3.8, 4) is 0 Å². The molecular weight excluding hydrogens is 455 g/mol. The van der Waals surface area contributed by atoms with E-state index in [4.69, 9.17) is 4.74 Å². The molecule has 0 fully saturated rings. The van der Waals surface area contributed by atoms with Crippen molar-refractivity contribution in [1.29, 1.82) is 0 Å². The van der Waals surface area contributed by atoms with Crippen molar-refractivity contribution in [2.75, 3.05) is 6.54 Å². The number of hydrogen-bond acceptors (Lipinski definition) is 3. The fourth-order valence-electron chi connectivity index (χ4n) is 3.94. The van der Waals surface area contributed by atoms with Crippen LogP contribution in [0.25, 0.3) is 0 Å². The molecule has 0 aliphatic carbocycles. The summed E-state index contributed by atoms with van der Waals surface area (Å²) < 4.78 is 19.6. The molecule has 0 aliphatic heterocycles. The van der Waals surface area contributed by atoms with Gasteiger partial charge in [-0.05, 0) is 39.2 Å². The highest BCUT2D eigenvalue weighted by Crippen LogP contribution is 2.13. The summed E-state index contributed by atoms with van der Waals surface area (Å²) in [5, 5.41) is 5.24. The zero-order chi connectivity index (χ0) is 26.7. The van der Waals surface area contributed by atoms with E-state index in [-0.39, 0.29) is 18.8 Å². The van der Waals surface area contributed by atoms with Crippen LogP contribution in [0.3, 0.4) is 0 Å². The average Bonchev–Trinajstić information content (AvgIpc) is 2.82. The van der Waals surface area contributed by atoms with E-state index in [2.05, 4.69) is 17.6 Å². The van der Waals surface area contributed by atoms with E-state index < -0.39 is 23.6 Å². The van der Waals surface area contributed by atoms with Gasteiger partial charge in [-0.3, -0.25) is 4.79 Å². The fraction of sp³-hybridized carbons (Fsp3) is 0.667. The van der Waals surface area contributed by atoms with Gasteiger partial charge >= 0.3 is 6.09 Å². The van der Waals surface area contributed by atoms with Crippen LogP contribution in [0.1, 0.15) is 110 Å². The van der Waals surface area contributed by atoms with Gasteiger partial charge in [0.2, 0.25) is 5.91 Å². The summed E-state index contributed by atoms with van der Waals surface area (Å²) in [6.07, 6.45) is 15.7. The van der Waals surface area contributed by atoms with Gasteiger partial charge in [0.25, 0.3) is 0 Å². The van der Waals surface area contributed by atoms with Crippen LogP contribution in [0.4, 0.5) is 9.18 Å². The maximum absolute atomic E-state index is 14.3. The van der Waals surface area contributed by atoms with Gasteiger partial charge in [-0.2, -0.15) is 0 Å². The van der Waals surface area contributed by atoms with Crippen molar-refractivity contribution < 1.29 is 18.7 Å². The van der Waals surface area contributed by atoms with Crippen LogP contribution in [-0.2, 0) is 16.0 Å². The number of rotatable bonds is 18. The maximum Gasteiger partial charge on any atom is 0.408 e. The number of ether oxygens (including phenoxy) is 1. The van der Waals surface area contributed by atoms with Crippen molar-refractivity contribution in [3.63, 3.8) is 0 Å². The second-order valence-electron chi connectivity index (χ2n) is 10.6. The Morgan fingerprint density at radius 3 is 2.03 bits per heavy atom. The molecule has 1 rings (SSSR count). The second kappa shape index (κ2) is 18.8. The topological polar surface area (TPSA) is 67.4 Å². The van der Waals surface area contributed by atoms with Crippen LogP contribution in [0.2, 0.25) is 0 Å². The molecule has 2 amide bonds. The minimum absolute atomic E-state index is 0.182. The minimum Gasteiger partial charge on any atom is -0.444 e. The smallest absolute Gasteiger partial charge is 0.408 e. The third-order valence-electron chi connectivity index (χ3n) is 5.90. The van der Waals surface area contributed by atoms with Crippen molar-refractivity contribution in [2.45, 2.75) is 123 Å². The third kappa shape index (κ3) is 17.1. The summed E-state index contributed by atoms with van der Waals surface area (Å²) >= 11 is 0. The number of allylic oxidation sites excluding steroid dienone is 1. The Labute approximate surface area is 218 Å². The monoisotopic (exact) mass is 504 g/mol. The molecule has 1 atom stereocenters. The zero-order valence-electron chi connectivity index (χ0n) is 23.0. The molecule has 0 saturated carbocycles. The SMILES string of the molecule is CCCCCCCCCCCCC/C=C(/F)CNC(=O)[C@@H](Cc1ccccc1)NC(=O)OC(C)(C)C. The first-order valence-electron chi connectivity index (χ1n) is 13.9. The average molecular weight is 505 g/mol. The van der Waals surface area contributed by atoms with Gasteiger partial charge in [-0.15, -0.1) is 0 Å². The molecule has 0 aromatic heterocycles. The number of carbonyl (C=O) groups excluding carboxylic acids is 2. The van der Waals surface area contributed by atoms with Crippen LogP contribution in [0.15, 0.2) is 42.2 Å². The number of hydrogen-bond donors (Lipinski definition) is 2. The molecule has 36 heavy (non-hydrogen) atoms. The van der Waals surface area contributed by atoms with Gasteiger partial charge in [0, 0.05) is 6.42 Å². The summed E-state index contributed by atoms with van der Waals surface area (Å²) in [5.41, 5.74) is 0.210. The first kappa shape index (κ1) is 31.7. The fourth-order valence-corrected chi connectivity index (χ4v) is 3.94. The summed E-state index contributed by atoms with van der Waals surface area (Å²) in [6.45, 7) is 7.34.